The van der Waals surface area contributed by atoms with Gasteiger partial charge in [0, 0.05) is 0 Å². The van der Waals surface area contributed by atoms with Crippen molar-refractivity contribution in [3.63, 3.8) is 0 Å². The number of rotatable bonds is 1. The quantitative estimate of drug-likeness (QED) is 0.671. The number of benzene rings is 2. The lowest BCUT2D eigenvalue weighted by Crippen LogP contribution is -1.99. The largest absolute Gasteiger partial charge is 0.397 e. The molecule has 0 spiro atoms. The SMILES string of the molecule is Cc1cc2ncn(-c3cc(Cl)c(Cl)cc3N)c2cc1C. The van der Waals surface area contributed by atoms with E-state index in [0.29, 0.717) is 15.7 Å². The zero-order valence-electron chi connectivity index (χ0n) is 11.1. The van der Waals surface area contributed by atoms with Crippen molar-refractivity contribution in [2.45, 2.75) is 13.8 Å². The van der Waals surface area contributed by atoms with E-state index in [4.69, 9.17) is 28.9 Å². The highest BCUT2D eigenvalue weighted by Gasteiger charge is 2.11. The number of imidazole rings is 1. The van der Waals surface area contributed by atoms with Gasteiger partial charge in [0.15, 0.2) is 0 Å². The molecule has 20 heavy (non-hydrogen) atoms. The van der Waals surface area contributed by atoms with E-state index in [-0.39, 0.29) is 0 Å². The Bertz CT molecular complexity index is 822. The van der Waals surface area contributed by atoms with Gasteiger partial charge in [0.2, 0.25) is 0 Å². The summed E-state index contributed by atoms with van der Waals surface area (Å²) in [5, 5.41) is 0.922. The third-order valence-electron chi connectivity index (χ3n) is 3.49. The van der Waals surface area contributed by atoms with Crippen molar-refractivity contribution in [1.82, 2.24) is 9.55 Å². The molecule has 0 aliphatic carbocycles. The molecule has 0 fully saturated rings. The van der Waals surface area contributed by atoms with Crippen LogP contribution in [0.5, 0.6) is 0 Å². The first-order valence-corrected chi connectivity index (χ1v) is 6.92. The molecule has 102 valence electrons. The fourth-order valence-corrected chi connectivity index (χ4v) is 2.55. The van der Waals surface area contributed by atoms with Crippen LogP contribution in [0.25, 0.3) is 16.7 Å². The molecule has 0 atom stereocenters. The van der Waals surface area contributed by atoms with E-state index in [2.05, 4.69) is 31.0 Å². The van der Waals surface area contributed by atoms with Crippen molar-refractivity contribution >= 4 is 39.9 Å². The second-order valence-electron chi connectivity index (χ2n) is 4.86. The predicted octanol–water partition coefficient (Wildman–Crippen LogP) is 4.53. The first-order valence-electron chi connectivity index (χ1n) is 6.16. The maximum Gasteiger partial charge on any atom is 0.100 e. The predicted molar refractivity (Wildman–Crippen MR) is 85.0 cm³/mol. The highest BCUT2D eigenvalue weighted by atomic mass is 35.5. The zero-order chi connectivity index (χ0) is 14.4. The van der Waals surface area contributed by atoms with Crippen LogP contribution in [0.2, 0.25) is 10.0 Å². The third kappa shape index (κ3) is 2.03. The second-order valence-corrected chi connectivity index (χ2v) is 5.68. The lowest BCUT2D eigenvalue weighted by atomic mass is 10.1. The molecule has 0 bridgehead atoms. The van der Waals surface area contributed by atoms with Gasteiger partial charge < -0.3 is 5.73 Å². The summed E-state index contributed by atoms with van der Waals surface area (Å²) in [6, 6.07) is 7.58. The number of anilines is 1. The van der Waals surface area contributed by atoms with Gasteiger partial charge in [-0.3, -0.25) is 4.57 Å². The number of nitrogens with two attached hydrogens (primary N) is 1. The monoisotopic (exact) mass is 305 g/mol. The van der Waals surface area contributed by atoms with E-state index in [1.807, 2.05) is 4.57 Å². The molecule has 2 aromatic carbocycles. The molecule has 1 heterocycles. The lowest BCUT2D eigenvalue weighted by molar-refractivity contribution is 1.09. The Labute approximate surface area is 126 Å². The van der Waals surface area contributed by atoms with E-state index < -0.39 is 0 Å². The average molecular weight is 306 g/mol. The first kappa shape index (κ1) is 13.3. The van der Waals surface area contributed by atoms with Gasteiger partial charge in [0.05, 0.1) is 32.5 Å². The number of aromatic nitrogens is 2. The highest BCUT2D eigenvalue weighted by Crippen LogP contribution is 2.31. The number of aryl methyl sites for hydroxylation is 2. The number of hydrogen-bond acceptors (Lipinski definition) is 2. The van der Waals surface area contributed by atoms with E-state index in [1.54, 1.807) is 18.5 Å². The molecule has 0 radical (unpaired) electrons. The topological polar surface area (TPSA) is 43.8 Å². The molecule has 0 aliphatic rings. The molecular formula is C15H13Cl2N3. The second kappa shape index (κ2) is 4.69. The number of fused-ring (bicyclic) bond motifs is 1. The molecular weight excluding hydrogens is 293 g/mol. The molecule has 0 saturated heterocycles. The summed E-state index contributed by atoms with van der Waals surface area (Å²) in [5.41, 5.74) is 11.7. The number of nitrogens with zero attached hydrogens (tertiary/aromatic N) is 2. The summed E-state index contributed by atoms with van der Waals surface area (Å²) in [6.07, 6.45) is 1.75. The lowest BCUT2D eigenvalue weighted by Gasteiger charge is -2.10. The Morgan fingerprint density at radius 3 is 2.40 bits per heavy atom. The van der Waals surface area contributed by atoms with Crippen LogP contribution < -0.4 is 5.73 Å². The van der Waals surface area contributed by atoms with Crippen LogP contribution in [-0.4, -0.2) is 9.55 Å². The van der Waals surface area contributed by atoms with Crippen LogP contribution in [0.1, 0.15) is 11.1 Å². The Morgan fingerprint density at radius 1 is 1.00 bits per heavy atom. The minimum absolute atomic E-state index is 0.448. The van der Waals surface area contributed by atoms with Crippen molar-refractivity contribution in [2.75, 3.05) is 5.73 Å². The van der Waals surface area contributed by atoms with E-state index in [0.717, 1.165) is 16.7 Å². The van der Waals surface area contributed by atoms with Gasteiger partial charge in [-0.1, -0.05) is 23.2 Å². The van der Waals surface area contributed by atoms with Gasteiger partial charge in [-0.2, -0.15) is 0 Å². The fourth-order valence-electron chi connectivity index (χ4n) is 2.22. The van der Waals surface area contributed by atoms with Crippen LogP contribution in [0, 0.1) is 13.8 Å². The molecule has 0 unspecified atom stereocenters. The smallest absolute Gasteiger partial charge is 0.100 e. The van der Waals surface area contributed by atoms with Crippen LogP contribution in [0.4, 0.5) is 5.69 Å². The Balaban J connectivity index is 2.30. The minimum Gasteiger partial charge on any atom is -0.397 e. The van der Waals surface area contributed by atoms with Gasteiger partial charge in [0.1, 0.15) is 6.33 Å². The summed E-state index contributed by atoms with van der Waals surface area (Å²) in [7, 11) is 0. The minimum atomic E-state index is 0.448. The summed E-state index contributed by atoms with van der Waals surface area (Å²) in [4.78, 5) is 4.42. The molecule has 0 amide bonds. The first-order chi connectivity index (χ1) is 9.47. The van der Waals surface area contributed by atoms with Crippen molar-refractivity contribution in [1.29, 1.82) is 0 Å². The summed E-state index contributed by atoms with van der Waals surface area (Å²) in [5.74, 6) is 0. The maximum absolute atomic E-state index is 6.09. The molecule has 5 heteroatoms. The van der Waals surface area contributed by atoms with E-state index >= 15 is 0 Å². The van der Waals surface area contributed by atoms with Crippen molar-refractivity contribution in [2.24, 2.45) is 0 Å². The van der Waals surface area contributed by atoms with Gasteiger partial charge in [-0.05, 0) is 49.2 Å². The van der Waals surface area contributed by atoms with Crippen molar-refractivity contribution < 1.29 is 0 Å². The number of nitrogen functional groups attached to an aromatic ring is 1. The number of halogens is 2. The molecule has 3 nitrogen and oxygen atoms in total. The van der Waals surface area contributed by atoms with Crippen LogP contribution >= 0.6 is 23.2 Å². The molecule has 3 aromatic rings. The Hall–Kier alpha value is -1.71. The molecule has 0 aliphatic heterocycles. The Morgan fingerprint density at radius 2 is 1.65 bits per heavy atom. The maximum atomic E-state index is 6.09. The molecule has 2 N–H and O–H groups in total. The third-order valence-corrected chi connectivity index (χ3v) is 4.21. The highest BCUT2D eigenvalue weighted by molar-refractivity contribution is 6.42. The van der Waals surface area contributed by atoms with Gasteiger partial charge >= 0.3 is 0 Å². The standard InChI is InChI=1S/C15H13Cl2N3/c1-8-3-13-15(4-9(8)2)20(7-19-13)14-6-11(17)10(16)5-12(14)18/h3-7H,18H2,1-2H3. The van der Waals surface area contributed by atoms with Crippen molar-refractivity contribution in [3.8, 4) is 5.69 Å². The average Bonchev–Trinajstić information content (AvgIpc) is 2.77. The van der Waals surface area contributed by atoms with Crippen LogP contribution in [0.3, 0.4) is 0 Å². The van der Waals surface area contributed by atoms with Gasteiger partial charge in [0.25, 0.3) is 0 Å². The summed E-state index contributed by atoms with van der Waals surface area (Å²) in [6.45, 7) is 4.14. The Kier molecular flexibility index (Phi) is 3.11. The van der Waals surface area contributed by atoms with Crippen LogP contribution in [-0.2, 0) is 0 Å². The summed E-state index contributed by atoms with van der Waals surface area (Å²) < 4.78 is 1.93. The zero-order valence-corrected chi connectivity index (χ0v) is 12.6. The fraction of sp³-hybridized carbons (Fsp3) is 0.133. The molecule has 0 saturated carbocycles. The van der Waals surface area contributed by atoms with Crippen molar-refractivity contribution in [3.05, 3.63) is 51.8 Å². The molecule has 1 aromatic heterocycles. The molecule has 3 rings (SSSR count). The van der Waals surface area contributed by atoms with Crippen LogP contribution in [0.15, 0.2) is 30.6 Å². The van der Waals surface area contributed by atoms with Gasteiger partial charge in [-0.15, -0.1) is 0 Å². The van der Waals surface area contributed by atoms with Gasteiger partial charge in [-0.25, -0.2) is 4.98 Å². The van der Waals surface area contributed by atoms with E-state index in [9.17, 15) is 0 Å². The normalized spacial score (nSPS) is 11.2. The summed E-state index contributed by atoms with van der Waals surface area (Å²) >= 11 is 12.1. The number of hydrogen-bond donors (Lipinski definition) is 1. The van der Waals surface area contributed by atoms with E-state index in [1.165, 1.54) is 11.1 Å².